The fourth-order valence-electron chi connectivity index (χ4n) is 2.79. The summed E-state index contributed by atoms with van der Waals surface area (Å²) in [7, 11) is 0. The molecule has 0 saturated carbocycles. The molecule has 126 valence electrons. The normalized spacial score (nSPS) is 16.8. The summed E-state index contributed by atoms with van der Waals surface area (Å²) in [5, 5.41) is 6.31. The topological polar surface area (TPSA) is 50.4 Å². The van der Waals surface area contributed by atoms with Gasteiger partial charge < -0.3 is 15.4 Å². The van der Waals surface area contributed by atoms with Crippen molar-refractivity contribution in [2.24, 2.45) is 0 Å². The average Bonchev–Trinajstić information content (AvgIpc) is 3.10. The summed E-state index contributed by atoms with van der Waals surface area (Å²) in [6, 6.07) is 13.5. The molecule has 1 amide bonds. The van der Waals surface area contributed by atoms with Crippen molar-refractivity contribution in [1.82, 2.24) is 0 Å². The Balaban J connectivity index is 1.56. The molecule has 2 aromatic carbocycles. The Morgan fingerprint density at radius 3 is 2.50 bits per heavy atom. The quantitative estimate of drug-likeness (QED) is 0.869. The van der Waals surface area contributed by atoms with Crippen LogP contribution in [0.25, 0.3) is 0 Å². The van der Waals surface area contributed by atoms with E-state index < -0.39 is 0 Å². The molecule has 1 aliphatic rings. The van der Waals surface area contributed by atoms with Crippen molar-refractivity contribution in [3.63, 3.8) is 0 Å². The van der Waals surface area contributed by atoms with Crippen molar-refractivity contribution in [3.05, 3.63) is 59.2 Å². The van der Waals surface area contributed by atoms with Crippen molar-refractivity contribution in [3.8, 4) is 0 Å². The lowest BCUT2D eigenvalue weighted by atomic mass is 10.1. The van der Waals surface area contributed by atoms with Crippen LogP contribution in [-0.2, 0) is 4.74 Å². The van der Waals surface area contributed by atoms with Crippen molar-refractivity contribution in [2.45, 2.75) is 32.8 Å². The molecule has 24 heavy (non-hydrogen) atoms. The molecule has 3 rings (SSSR count). The number of ether oxygens (including phenoxy) is 1. The van der Waals surface area contributed by atoms with Crippen LogP contribution in [0.4, 0.5) is 11.4 Å². The molecule has 0 aliphatic carbocycles. The lowest BCUT2D eigenvalue weighted by molar-refractivity contribution is 0.102. The van der Waals surface area contributed by atoms with Gasteiger partial charge in [0.2, 0.25) is 0 Å². The summed E-state index contributed by atoms with van der Waals surface area (Å²) in [5.74, 6) is -0.0850. The smallest absolute Gasteiger partial charge is 0.255 e. The van der Waals surface area contributed by atoms with Crippen LogP contribution >= 0.6 is 0 Å². The molecule has 1 fully saturated rings. The van der Waals surface area contributed by atoms with Gasteiger partial charge in [-0.3, -0.25) is 4.79 Å². The van der Waals surface area contributed by atoms with Gasteiger partial charge in [0.15, 0.2) is 0 Å². The van der Waals surface area contributed by atoms with Crippen LogP contribution < -0.4 is 10.6 Å². The lowest BCUT2D eigenvalue weighted by Crippen LogP contribution is -2.18. The van der Waals surface area contributed by atoms with Gasteiger partial charge in [0.25, 0.3) is 5.91 Å². The van der Waals surface area contributed by atoms with Gasteiger partial charge in [0.05, 0.1) is 6.10 Å². The molecule has 4 heteroatoms. The Kier molecular flexibility index (Phi) is 5.16. The van der Waals surface area contributed by atoms with Crippen molar-refractivity contribution in [2.75, 3.05) is 23.8 Å². The number of benzene rings is 2. The number of hydrogen-bond donors (Lipinski definition) is 2. The maximum atomic E-state index is 12.3. The van der Waals surface area contributed by atoms with Gasteiger partial charge >= 0.3 is 0 Å². The summed E-state index contributed by atoms with van der Waals surface area (Å²) in [5.41, 5.74) is 4.82. The van der Waals surface area contributed by atoms with Crippen LogP contribution in [0, 0.1) is 13.8 Å². The Labute approximate surface area is 143 Å². The maximum absolute atomic E-state index is 12.3. The summed E-state index contributed by atoms with van der Waals surface area (Å²) in [6.07, 6.45) is 2.58. The number of anilines is 2. The summed E-state index contributed by atoms with van der Waals surface area (Å²) in [4.78, 5) is 12.3. The van der Waals surface area contributed by atoms with Crippen molar-refractivity contribution in [1.29, 1.82) is 0 Å². The Hall–Kier alpha value is -2.33. The third-order valence-electron chi connectivity index (χ3n) is 4.47. The van der Waals surface area contributed by atoms with Gasteiger partial charge in [-0.25, -0.2) is 0 Å². The second kappa shape index (κ2) is 7.49. The van der Waals surface area contributed by atoms with Gasteiger partial charge in [-0.05, 0) is 74.2 Å². The number of amides is 1. The zero-order chi connectivity index (χ0) is 16.9. The zero-order valence-corrected chi connectivity index (χ0v) is 14.3. The van der Waals surface area contributed by atoms with Gasteiger partial charge in [0, 0.05) is 30.1 Å². The van der Waals surface area contributed by atoms with Crippen molar-refractivity contribution >= 4 is 17.3 Å². The fraction of sp³-hybridized carbons (Fsp3) is 0.350. The minimum absolute atomic E-state index is 0.0850. The highest BCUT2D eigenvalue weighted by molar-refractivity contribution is 6.04. The van der Waals surface area contributed by atoms with E-state index in [-0.39, 0.29) is 5.91 Å². The molecule has 4 nitrogen and oxygen atoms in total. The molecule has 1 saturated heterocycles. The van der Waals surface area contributed by atoms with Crippen LogP contribution in [0.5, 0.6) is 0 Å². The molecule has 0 bridgehead atoms. The van der Waals surface area contributed by atoms with E-state index in [4.69, 9.17) is 4.74 Å². The average molecular weight is 324 g/mol. The highest BCUT2D eigenvalue weighted by Crippen LogP contribution is 2.17. The molecule has 2 N–H and O–H groups in total. The zero-order valence-electron chi connectivity index (χ0n) is 14.3. The molecule has 0 radical (unpaired) electrons. The van der Waals surface area contributed by atoms with E-state index in [1.165, 1.54) is 5.56 Å². The second-order valence-electron chi connectivity index (χ2n) is 6.35. The third kappa shape index (κ3) is 4.15. The standard InChI is InChI=1S/C20H24N2O2/c1-14-5-6-16(12-15(14)2)20(23)22-18-9-7-17(8-10-18)21-13-19-4-3-11-24-19/h5-10,12,19,21H,3-4,11,13H2,1-2H3,(H,22,23). The van der Waals surface area contributed by atoms with E-state index in [1.807, 2.05) is 56.3 Å². The first-order valence-electron chi connectivity index (χ1n) is 8.46. The predicted molar refractivity (Wildman–Crippen MR) is 97.8 cm³/mol. The Bertz CT molecular complexity index is 704. The molecular weight excluding hydrogens is 300 g/mol. The summed E-state index contributed by atoms with van der Waals surface area (Å²) in [6.45, 7) is 5.75. The van der Waals surface area contributed by atoms with Crippen LogP contribution in [-0.4, -0.2) is 25.2 Å². The van der Waals surface area contributed by atoms with Crippen molar-refractivity contribution < 1.29 is 9.53 Å². The minimum atomic E-state index is -0.0850. The van der Waals surface area contributed by atoms with E-state index in [2.05, 4.69) is 10.6 Å². The van der Waals surface area contributed by atoms with E-state index >= 15 is 0 Å². The molecular formula is C20H24N2O2. The number of rotatable bonds is 5. The molecule has 1 aliphatic heterocycles. The highest BCUT2D eigenvalue weighted by atomic mass is 16.5. The highest BCUT2D eigenvalue weighted by Gasteiger charge is 2.14. The van der Waals surface area contributed by atoms with Crippen LogP contribution in [0.1, 0.15) is 34.3 Å². The minimum Gasteiger partial charge on any atom is -0.382 e. The second-order valence-corrected chi connectivity index (χ2v) is 6.35. The predicted octanol–water partition coefficient (Wildman–Crippen LogP) is 4.15. The van der Waals surface area contributed by atoms with Gasteiger partial charge in [-0.1, -0.05) is 6.07 Å². The molecule has 2 aromatic rings. The first-order valence-corrected chi connectivity index (χ1v) is 8.46. The Morgan fingerprint density at radius 1 is 1.08 bits per heavy atom. The Morgan fingerprint density at radius 2 is 1.83 bits per heavy atom. The van der Waals surface area contributed by atoms with E-state index in [1.54, 1.807) is 0 Å². The maximum Gasteiger partial charge on any atom is 0.255 e. The lowest BCUT2D eigenvalue weighted by Gasteiger charge is -2.12. The summed E-state index contributed by atoms with van der Waals surface area (Å²) < 4.78 is 5.60. The number of hydrogen-bond acceptors (Lipinski definition) is 3. The van der Waals surface area contributed by atoms with E-state index in [0.29, 0.717) is 11.7 Å². The fourth-order valence-corrected chi connectivity index (χ4v) is 2.79. The molecule has 0 spiro atoms. The van der Waals surface area contributed by atoms with Crippen LogP contribution in [0.3, 0.4) is 0 Å². The number of nitrogens with one attached hydrogen (secondary N) is 2. The van der Waals surface area contributed by atoms with Gasteiger partial charge in [0.1, 0.15) is 0 Å². The first kappa shape index (κ1) is 16.5. The third-order valence-corrected chi connectivity index (χ3v) is 4.47. The first-order chi connectivity index (χ1) is 11.6. The molecule has 0 aromatic heterocycles. The SMILES string of the molecule is Cc1ccc(C(=O)Nc2ccc(NCC3CCCO3)cc2)cc1C. The summed E-state index contributed by atoms with van der Waals surface area (Å²) >= 11 is 0. The van der Waals surface area contributed by atoms with Gasteiger partial charge in [-0.15, -0.1) is 0 Å². The largest absolute Gasteiger partial charge is 0.382 e. The number of carbonyl (C=O) groups excluding carboxylic acids is 1. The molecule has 1 atom stereocenters. The monoisotopic (exact) mass is 324 g/mol. The van der Waals surface area contributed by atoms with E-state index in [9.17, 15) is 4.79 Å². The molecule has 1 unspecified atom stereocenters. The van der Waals surface area contributed by atoms with Crippen LogP contribution in [0.15, 0.2) is 42.5 Å². The van der Waals surface area contributed by atoms with Gasteiger partial charge in [-0.2, -0.15) is 0 Å². The van der Waals surface area contributed by atoms with Crippen LogP contribution in [0.2, 0.25) is 0 Å². The number of aryl methyl sites for hydroxylation is 2. The van der Waals surface area contributed by atoms with E-state index in [0.717, 1.165) is 42.9 Å². The molecule has 1 heterocycles. The number of carbonyl (C=O) groups is 1.